The highest BCUT2D eigenvalue weighted by atomic mass is 127. The summed E-state index contributed by atoms with van der Waals surface area (Å²) in [5.74, 6) is 0.137. The lowest BCUT2D eigenvalue weighted by atomic mass is 9.95. The van der Waals surface area contributed by atoms with Crippen molar-refractivity contribution in [3.63, 3.8) is 0 Å². The molecule has 4 atom stereocenters. The molecule has 0 aliphatic carbocycles. The van der Waals surface area contributed by atoms with Gasteiger partial charge >= 0.3 is 6.16 Å². The van der Waals surface area contributed by atoms with Crippen LogP contribution in [0.25, 0.3) is 0 Å². The molecule has 0 aromatic carbocycles. The molecule has 0 bridgehead atoms. The van der Waals surface area contributed by atoms with Crippen LogP contribution in [0.3, 0.4) is 0 Å². The number of rotatable bonds is 7. The summed E-state index contributed by atoms with van der Waals surface area (Å²) in [5.41, 5.74) is 1.56. The first-order chi connectivity index (χ1) is 10.5. The van der Waals surface area contributed by atoms with Crippen LogP contribution >= 0.6 is 22.6 Å². The predicted molar refractivity (Wildman–Crippen MR) is 105 cm³/mol. The largest absolute Gasteiger partial charge is 0.508 e. The maximum Gasteiger partial charge on any atom is 0.508 e. The first-order valence-corrected chi connectivity index (χ1v) is 12.1. The second-order valence-corrected chi connectivity index (χ2v) is 15.1. The Morgan fingerprint density at radius 3 is 1.91 bits per heavy atom. The molecular formula is C17H33IO4Si. The highest BCUT2D eigenvalue weighted by Crippen LogP contribution is 2.42. The van der Waals surface area contributed by atoms with Gasteiger partial charge in [-0.1, -0.05) is 71.1 Å². The fraction of sp³-hybridized carbons (Fsp3) is 0.941. The lowest BCUT2D eigenvalue weighted by molar-refractivity contribution is -0.104. The van der Waals surface area contributed by atoms with E-state index < -0.39 is 14.5 Å². The number of ether oxygens (including phenoxy) is 2. The molecule has 1 heterocycles. The summed E-state index contributed by atoms with van der Waals surface area (Å²) < 4.78 is 17.7. The molecule has 0 aromatic rings. The summed E-state index contributed by atoms with van der Waals surface area (Å²) in [7, 11) is -1.95. The maximum atomic E-state index is 11.8. The van der Waals surface area contributed by atoms with Crippen molar-refractivity contribution in [2.75, 3.05) is 6.61 Å². The van der Waals surface area contributed by atoms with Gasteiger partial charge in [-0.05, 0) is 23.5 Å². The zero-order valence-corrected chi connectivity index (χ0v) is 18.9. The van der Waals surface area contributed by atoms with Gasteiger partial charge in [-0.2, -0.15) is 0 Å². The highest BCUT2D eigenvalue weighted by molar-refractivity contribution is 14.1. The molecule has 1 fully saturated rings. The number of carbonyl (C=O) groups excluding carboxylic acids is 1. The molecule has 0 amide bonds. The van der Waals surface area contributed by atoms with Gasteiger partial charge in [0.25, 0.3) is 0 Å². The van der Waals surface area contributed by atoms with Crippen LogP contribution in [0, 0.1) is 5.92 Å². The molecule has 1 aliphatic heterocycles. The highest BCUT2D eigenvalue weighted by Gasteiger charge is 2.47. The lowest BCUT2D eigenvalue weighted by Crippen LogP contribution is -2.53. The Bertz CT molecular complexity index is 376. The minimum atomic E-state index is -1.95. The Kier molecular flexibility index (Phi) is 7.86. The summed E-state index contributed by atoms with van der Waals surface area (Å²) in [5, 5.41) is 0. The van der Waals surface area contributed by atoms with Crippen molar-refractivity contribution in [3.05, 3.63) is 0 Å². The van der Waals surface area contributed by atoms with Crippen LogP contribution < -0.4 is 0 Å². The average Bonchev–Trinajstić information content (AvgIpc) is 2.41. The minimum absolute atomic E-state index is 0.112. The van der Waals surface area contributed by atoms with Gasteiger partial charge < -0.3 is 13.9 Å². The van der Waals surface area contributed by atoms with E-state index in [0.717, 1.165) is 0 Å². The normalized spacial score (nSPS) is 27.3. The molecule has 1 aliphatic rings. The molecule has 4 nitrogen and oxygen atoms in total. The number of carbonyl (C=O) groups is 1. The summed E-state index contributed by atoms with van der Waals surface area (Å²) >= 11 is 2.31. The summed E-state index contributed by atoms with van der Waals surface area (Å²) in [4.78, 5) is 11.8. The molecule has 0 saturated carbocycles. The van der Waals surface area contributed by atoms with E-state index >= 15 is 0 Å². The van der Waals surface area contributed by atoms with E-state index in [0.29, 0.717) is 23.2 Å². The monoisotopic (exact) mass is 456 g/mol. The lowest BCUT2D eigenvalue weighted by Gasteiger charge is -2.44. The standard InChI is InChI=1S/C17H33IO4Si/c1-10(2)23(11(3)4,12(5)6)20-9-15-13(7)16(14(8)18)22-17(19)21-15/h10-16H,9H2,1-8H3/t13-,14-,15-,16-/m0/s1. The molecule has 1 saturated heterocycles. The van der Waals surface area contributed by atoms with E-state index in [9.17, 15) is 4.79 Å². The van der Waals surface area contributed by atoms with Gasteiger partial charge in [-0.25, -0.2) is 4.79 Å². The molecule has 0 aromatic heterocycles. The van der Waals surface area contributed by atoms with Crippen molar-refractivity contribution in [1.29, 1.82) is 0 Å². The maximum absolute atomic E-state index is 11.8. The van der Waals surface area contributed by atoms with Crippen molar-refractivity contribution >= 4 is 37.1 Å². The zero-order chi connectivity index (χ0) is 17.9. The predicted octanol–water partition coefficient (Wildman–Crippen LogP) is 5.54. The second-order valence-electron chi connectivity index (χ2n) is 7.65. The Morgan fingerprint density at radius 2 is 1.52 bits per heavy atom. The van der Waals surface area contributed by atoms with Gasteiger partial charge in [-0.15, -0.1) is 0 Å². The molecule has 6 heteroatoms. The van der Waals surface area contributed by atoms with E-state index in [1.54, 1.807) is 0 Å². The third-order valence-electron chi connectivity index (χ3n) is 5.24. The van der Waals surface area contributed by atoms with Crippen LogP contribution in [-0.2, 0) is 13.9 Å². The van der Waals surface area contributed by atoms with E-state index in [1.165, 1.54) is 0 Å². The number of halogens is 1. The smallest absolute Gasteiger partial charge is 0.429 e. The summed E-state index contributed by atoms with van der Waals surface area (Å²) in [6.07, 6.45) is -0.892. The second kappa shape index (κ2) is 8.51. The average molecular weight is 456 g/mol. The van der Waals surface area contributed by atoms with Crippen molar-refractivity contribution in [1.82, 2.24) is 0 Å². The third kappa shape index (κ3) is 4.63. The van der Waals surface area contributed by atoms with Gasteiger partial charge in [0.15, 0.2) is 0 Å². The van der Waals surface area contributed by atoms with Gasteiger partial charge in [0.2, 0.25) is 8.32 Å². The SMILES string of the molecule is CC(C)[Si](OC[C@@H]1OC(=O)O[C@H]([C@H](C)I)[C@H]1C)(C(C)C)C(C)C. The fourth-order valence-corrected chi connectivity index (χ4v) is 10.4. The molecule has 0 unspecified atom stereocenters. The quantitative estimate of drug-likeness (QED) is 0.218. The Balaban J connectivity index is 2.90. The van der Waals surface area contributed by atoms with E-state index in [-0.39, 0.29) is 22.1 Å². The molecule has 0 N–H and O–H groups in total. The van der Waals surface area contributed by atoms with Crippen molar-refractivity contribution in [3.8, 4) is 0 Å². The first kappa shape index (κ1) is 21.2. The Morgan fingerprint density at radius 1 is 1.04 bits per heavy atom. The topological polar surface area (TPSA) is 44.8 Å². The van der Waals surface area contributed by atoms with Gasteiger partial charge in [-0.3, -0.25) is 0 Å². The van der Waals surface area contributed by atoms with Crippen LogP contribution in [0.15, 0.2) is 0 Å². The van der Waals surface area contributed by atoms with Crippen molar-refractivity contribution in [2.24, 2.45) is 5.92 Å². The van der Waals surface area contributed by atoms with Crippen molar-refractivity contribution < 1.29 is 18.7 Å². The number of cyclic esters (lactones) is 2. The molecule has 23 heavy (non-hydrogen) atoms. The molecule has 0 radical (unpaired) electrons. The molecular weight excluding hydrogens is 423 g/mol. The van der Waals surface area contributed by atoms with Crippen molar-refractivity contribution in [2.45, 2.75) is 88.1 Å². The van der Waals surface area contributed by atoms with Crippen LogP contribution in [0.4, 0.5) is 4.79 Å². The molecule has 0 spiro atoms. The number of alkyl halides is 1. The number of hydrogen-bond donors (Lipinski definition) is 0. The fourth-order valence-electron chi connectivity index (χ4n) is 4.11. The Hall–Kier alpha value is 0.177. The van der Waals surface area contributed by atoms with Crippen LogP contribution in [0.5, 0.6) is 0 Å². The van der Waals surface area contributed by atoms with E-state index in [2.05, 4.69) is 78.0 Å². The summed E-state index contributed by atoms with van der Waals surface area (Å²) in [6, 6.07) is 0. The summed E-state index contributed by atoms with van der Waals surface area (Å²) in [6.45, 7) is 18.2. The van der Waals surface area contributed by atoms with E-state index in [4.69, 9.17) is 13.9 Å². The number of hydrogen-bond acceptors (Lipinski definition) is 4. The molecule has 1 rings (SSSR count). The minimum Gasteiger partial charge on any atom is -0.429 e. The van der Waals surface area contributed by atoms with Gasteiger partial charge in [0.1, 0.15) is 12.2 Å². The van der Waals surface area contributed by atoms with Crippen LogP contribution in [0.2, 0.25) is 16.6 Å². The molecule has 136 valence electrons. The van der Waals surface area contributed by atoms with E-state index in [1.807, 2.05) is 0 Å². The van der Waals surface area contributed by atoms with Crippen LogP contribution in [-0.4, -0.2) is 37.2 Å². The van der Waals surface area contributed by atoms with Gasteiger partial charge in [0, 0.05) is 9.84 Å². The first-order valence-electron chi connectivity index (χ1n) is 8.69. The zero-order valence-electron chi connectivity index (χ0n) is 15.8. The third-order valence-corrected chi connectivity index (χ3v) is 12.0. The van der Waals surface area contributed by atoms with Crippen LogP contribution in [0.1, 0.15) is 55.4 Å². The Labute approximate surface area is 156 Å². The van der Waals surface area contributed by atoms with Gasteiger partial charge in [0.05, 0.1) is 6.61 Å².